The Bertz CT molecular complexity index is 649. The minimum atomic E-state index is 0.177. The summed E-state index contributed by atoms with van der Waals surface area (Å²) in [6.45, 7) is 2.80. The van der Waals surface area contributed by atoms with Gasteiger partial charge < -0.3 is 10.6 Å². The quantitative estimate of drug-likeness (QED) is 0.913. The van der Waals surface area contributed by atoms with Crippen LogP contribution in [0.3, 0.4) is 0 Å². The molecule has 2 aromatic rings. The van der Waals surface area contributed by atoms with Gasteiger partial charge in [0.1, 0.15) is 0 Å². The van der Waals surface area contributed by atoms with Crippen LogP contribution >= 0.6 is 15.9 Å². The van der Waals surface area contributed by atoms with E-state index in [0.717, 1.165) is 10.2 Å². The van der Waals surface area contributed by atoms with Gasteiger partial charge in [0, 0.05) is 10.2 Å². The zero-order valence-corrected chi connectivity index (χ0v) is 12.8. The van der Waals surface area contributed by atoms with Crippen LogP contribution in [0.15, 0.2) is 58.0 Å². The molecule has 102 valence electrons. The number of nitrogens with two attached hydrogens (primary N) is 1. The standard InChI is InChI=1S/C16H16BrN3/c1-11-3-2-4-12(9-11)15-10-19-16(18)20(15)14-7-5-13(17)6-8-14/h2-9,15H,10H2,1H3,(H2,18,19). The first-order valence-corrected chi connectivity index (χ1v) is 7.36. The Morgan fingerprint density at radius 2 is 1.95 bits per heavy atom. The highest BCUT2D eigenvalue weighted by Crippen LogP contribution is 2.32. The second-order valence-corrected chi connectivity index (χ2v) is 5.89. The Morgan fingerprint density at radius 1 is 1.20 bits per heavy atom. The van der Waals surface area contributed by atoms with Crippen molar-refractivity contribution >= 4 is 27.6 Å². The first-order chi connectivity index (χ1) is 9.65. The lowest BCUT2D eigenvalue weighted by Gasteiger charge is -2.27. The third-order valence-corrected chi connectivity index (χ3v) is 4.05. The Kier molecular flexibility index (Phi) is 3.49. The predicted molar refractivity (Wildman–Crippen MR) is 87.0 cm³/mol. The highest BCUT2D eigenvalue weighted by atomic mass is 79.9. The molecule has 2 aromatic carbocycles. The highest BCUT2D eigenvalue weighted by Gasteiger charge is 2.28. The minimum Gasteiger partial charge on any atom is -0.369 e. The van der Waals surface area contributed by atoms with Gasteiger partial charge in [0.25, 0.3) is 0 Å². The van der Waals surface area contributed by atoms with Crippen molar-refractivity contribution in [3.8, 4) is 0 Å². The number of aliphatic imine (C=N–C) groups is 1. The summed E-state index contributed by atoms with van der Waals surface area (Å²) in [4.78, 5) is 6.51. The molecule has 1 aliphatic heterocycles. The molecular formula is C16H16BrN3. The topological polar surface area (TPSA) is 41.6 Å². The summed E-state index contributed by atoms with van der Waals surface area (Å²) < 4.78 is 1.06. The molecule has 1 unspecified atom stereocenters. The third-order valence-electron chi connectivity index (χ3n) is 3.52. The summed E-state index contributed by atoms with van der Waals surface area (Å²) in [5, 5.41) is 0. The van der Waals surface area contributed by atoms with E-state index in [2.05, 4.69) is 69.1 Å². The summed E-state index contributed by atoms with van der Waals surface area (Å²) >= 11 is 3.46. The SMILES string of the molecule is Cc1cccc(C2CN=C(N)N2c2ccc(Br)cc2)c1. The molecule has 0 aromatic heterocycles. The fourth-order valence-electron chi connectivity index (χ4n) is 2.54. The van der Waals surface area contributed by atoms with Crippen molar-refractivity contribution in [1.29, 1.82) is 0 Å². The normalized spacial score (nSPS) is 18.2. The molecule has 0 aliphatic carbocycles. The number of anilines is 1. The van der Waals surface area contributed by atoms with Crippen LogP contribution in [-0.2, 0) is 0 Å². The molecule has 1 aliphatic rings. The molecular weight excluding hydrogens is 314 g/mol. The summed E-state index contributed by atoms with van der Waals surface area (Å²) in [7, 11) is 0. The van der Waals surface area contributed by atoms with E-state index in [0.29, 0.717) is 12.5 Å². The summed E-state index contributed by atoms with van der Waals surface area (Å²) in [6, 6.07) is 16.9. The first-order valence-electron chi connectivity index (χ1n) is 6.56. The van der Waals surface area contributed by atoms with E-state index in [1.54, 1.807) is 0 Å². The summed E-state index contributed by atoms with van der Waals surface area (Å²) in [6.07, 6.45) is 0. The number of rotatable bonds is 2. The first kappa shape index (κ1) is 13.2. The average Bonchev–Trinajstić information content (AvgIpc) is 2.82. The largest absolute Gasteiger partial charge is 0.369 e. The van der Waals surface area contributed by atoms with Crippen LogP contribution in [0.4, 0.5) is 5.69 Å². The fraction of sp³-hybridized carbons (Fsp3) is 0.188. The second kappa shape index (κ2) is 5.29. The van der Waals surface area contributed by atoms with Gasteiger partial charge in [0.15, 0.2) is 5.96 Å². The average molecular weight is 330 g/mol. The zero-order chi connectivity index (χ0) is 14.1. The lowest BCUT2D eigenvalue weighted by Crippen LogP contribution is -2.36. The molecule has 0 saturated heterocycles. The van der Waals surface area contributed by atoms with Gasteiger partial charge in [0.2, 0.25) is 0 Å². The molecule has 2 N–H and O–H groups in total. The van der Waals surface area contributed by atoms with Gasteiger partial charge in [-0.3, -0.25) is 4.99 Å². The second-order valence-electron chi connectivity index (χ2n) is 4.98. The molecule has 0 saturated carbocycles. The molecule has 1 atom stereocenters. The van der Waals surface area contributed by atoms with E-state index < -0.39 is 0 Å². The van der Waals surface area contributed by atoms with Crippen molar-refractivity contribution in [1.82, 2.24) is 0 Å². The number of benzene rings is 2. The Balaban J connectivity index is 1.98. The van der Waals surface area contributed by atoms with E-state index in [9.17, 15) is 0 Å². The molecule has 1 heterocycles. The van der Waals surface area contributed by atoms with Crippen molar-refractivity contribution in [3.05, 3.63) is 64.1 Å². The van der Waals surface area contributed by atoms with Crippen molar-refractivity contribution < 1.29 is 0 Å². The molecule has 4 heteroatoms. The maximum Gasteiger partial charge on any atom is 0.196 e. The summed E-state index contributed by atoms with van der Waals surface area (Å²) in [5.41, 5.74) is 9.65. The molecule has 3 nitrogen and oxygen atoms in total. The molecule has 0 fully saturated rings. The zero-order valence-electron chi connectivity index (χ0n) is 11.3. The number of hydrogen-bond donors (Lipinski definition) is 1. The minimum absolute atomic E-state index is 0.177. The Labute approximate surface area is 127 Å². The highest BCUT2D eigenvalue weighted by molar-refractivity contribution is 9.10. The van der Waals surface area contributed by atoms with E-state index in [4.69, 9.17) is 5.73 Å². The maximum atomic E-state index is 6.08. The number of nitrogens with zero attached hydrogens (tertiary/aromatic N) is 2. The fourth-order valence-corrected chi connectivity index (χ4v) is 2.81. The van der Waals surface area contributed by atoms with Gasteiger partial charge in [-0.2, -0.15) is 0 Å². The predicted octanol–water partition coefficient (Wildman–Crippen LogP) is 3.63. The van der Waals surface area contributed by atoms with Crippen LogP contribution in [0.2, 0.25) is 0 Å². The molecule has 0 amide bonds. The lowest BCUT2D eigenvalue weighted by molar-refractivity contribution is 0.768. The summed E-state index contributed by atoms with van der Waals surface area (Å²) in [5.74, 6) is 0.582. The van der Waals surface area contributed by atoms with Crippen molar-refractivity contribution in [2.24, 2.45) is 10.7 Å². The molecule has 0 bridgehead atoms. The van der Waals surface area contributed by atoms with Crippen LogP contribution in [0, 0.1) is 6.92 Å². The van der Waals surface area contributed by atoms with E-state index in [-0.39, 0.29) is 6.04 Å². The van der Waals surface area contributed by atoms with Gasteiger partial charge >= 0.3 is 0 Å². The third kappa shape index (κ3) is 2.43. The lowest BCUT2D eigenvalue weighted by atomic mass is 10.0. The smallest absolute Gasteiger partial charge is 0.196 e. The van der Waals surface area contributed by atoms with Crippen LogP contribution in [-0.4, -0.2) is 12.5 Å². The Hall–Kier alpha value is -1.81. The van der Waals surface area contributed by atoms with Crippen LogP contribution in [0.25, 0.3) is 0 Å². The van der Waals surface area contributed by atoms with Crippen LogP contribution in [0.1, 0.15) is 17.2 Å². The molecule has 20 heavy (non-hydrogen) atoms. The van der Waals surface area contributed by atoms with E-state index in [1.165, 1.54) is 11.1 Å². The van der Waals surface area contributed by atoms with Crippen LogP contribution in [0.5, 0.6) is 0 Å². The van der Waals surface area contributed by atoms with Gasteiger partial charge in [-0.05, 0) is 36.8 Å². The molecule has 0 spiro atoms. The van der Waals surface area contributed by atoms with Crippen molar-refractivity contribution in [3.63, 3.8) is 0 Å². The number of aryl methyl sites for hydroxylation is 1. The maximum absolute atomic E-state index is 6.08. The van der Waals surface area contributed by atoms with Gasteiger partial charge in [0.05, 0.1) is 12.6 Å². The van der Waals surface area contributed by atoms with Crippen molar-refractivity contribution in [2.45, 2.75) is 13.0 Å². The van der Waals surface area contributed by atoms with Crippen molar-refractivity contribution in [2.75, 3.05) is 11.4 Å². The Morgan fingerprint density at radius 3 is 2.65 bits per heavy atom. The van der Waals surface area contributed by atoms with Gasteiger partial charge in [-0.1, -0.05) is 45.8 Å². The molecule has 3 rings (SSSR count). The van der Waals surface area contributed by atoms with E-state index >= 15 is 0 Å². The molecule has 0 radical (unpaired) electrons. The monoisotopic (exact) mass is 329 g/mol. The van der Waals surface area contributed by atoms with Gasteiger partial charge in [-0.25, -0.2) is 0 Å². The number of guanidine groups is 1. The number of hydrogen-bond acceptors (Lipinski definition) is 3. The van der Waals surface area contributed by atoms with Crippen LogP contribution < -0.4 is 10.6 Å². The number of halogens is 1. The van der Waals surface area contributed by atoms with Gasteiger partial charge in [-0.15, -0.1) is 0 Å². The van der Waals surface area contributed by atoms with E-state index in [1.807, 2.05) is 12.1 Å².